The summed E-state index contributed by atoms with van der Waals surface area (Å²) in [6, 6.07) is 17.1. The van der Waals surface area contributed by atoms with Gasteiger partial charge in [0.2, 0.25) is 0 Å². The van der Waals surface area contributed by atoms with E-state index in [1.807, 2.05) is 30.3 Å². The number of carbonyl (C=O) groups excluding carboxylic acids is 2. The van der Waals surface area contributed by atoms with Crippen molar-refractivity contribution in [3.8, 4) is 0 Å². The number of para-hydroxylation sites is 1. The summed E-state index contributed by atoms with van der Waals surface area (Å²) in [4.78, 5) is 36.3. The second-order valence-corrected chi connectivity index (χ2v) is 9.77. The Kier molecular flexibility index (Phi) is 8.14. The second kappa shape index (κ2) is 11.1. The Bertz CT molecular complexity index is 1230. The normalized spacial score (nSPS) is 10.9. The van der Waals surface area contributed by atoms with Crippen LogP contribution in [0, 0.1) is 10.1 Å². The Balaban J connectivity index is 1.72. The lowest BCUT2D eigenvalue weighted by atomic mass is 9.93. The fourth-order valence-electron chi connectivity index (χ4n) is 3.65. The predicted molar refractivity (Wildman–Crippen MR) is 139 cm³/mol. The largest absolute Gasteiger partial charge is 0.365 e. The first-order chi connectivity index (χ1) is 16.6. The molecular weight excluding hydrogens is 464 g/mol. The van der Waals surface area contributed by atoms with E-state index in [-0.39, 0.29) is 29.1 Å². The molecule has 8 nitrogen and oxygen atoms in total. The number of nitrogens with zero attached hydrogens (tertiary/aromatic N) is 1. The first kappa shape index (κ1) is 25.8. The SMILES string of the molecule is CC(C)c1cccc(C(C)C)c1NC(=O)Nc1ccc(Sc2ccc([N+](=O)[O-])c(C(N)=O)c2)cc1. The highest BCUT2D eigenvalue weighted by molar-refractivity contribution is 7.99. The molecule has 0 heterocycles. The number of urea groups is 1. The maximum absolute atomic E-state index is 12.8. The lowest BCUT2D eigenvalue weighted by Gasteiger charge is -2.20. The van der Waals surface area contributed by atoms with Crippen LogP contribution < -0.4 is 16.4 Å². The average Bonchev–Trinajstić information content (AvgIpc) is 2.79. The number of carbonyl (C=O) groups is 2. The monoisotopic (exact) mass is 492 g/mol. The Labute approximate surface area is 208 Å². The predicted octanol–water partition coefficient (Wildman–Crippen LogP) is 6.74. The molecule has 182 valence electrons. The first-order valence-corrected chi connectivity index (χ1v) is 12.0. The van der Waals surface area contributed by atoms with E-state index in [2.05, 4.69) is 38.3 Å². The first-order valence-electron chi connectivity index (χ1n) is 11.1. The van der Waals surface area contributed by atoms with Crippen LogP contribution in [0.2, 0.25) is 0 Å². The Morgan fingerprint density at radius 1 is 0.886 bits per heavy atom. The minimum absolute atomic E-state index is 0.141. The molecule has 0 atom stereocenters. The molecule has 3 aromatic rings. The van der Waals surface area contributed by atoms with Crippen molar-refractivity contribution in [2.24, 2.45) is 5.73 Å². The lowest BCUT2D eigenvalue weighted by molar-refractivity contribution is -0.385. The molecular formula is C26H28N4O4S. The summed E-state index contributed by atoms with van der Waals surface area (Å²) < 4.78 is 0. The summed E-state index contributed by atoms with van der Waals surface area (Å²) in [5.41, 5.74) is 8.43. The topological polar surface area (TPSA) is 127 Å². The number of rotatable bonds is 8. The highest BCUT2D eigenvalue weighted by Gasteiger charge is 2.19. The Morgan fingerprint density at radius 2 is 1.46 bits per heavy atom. The van der Waals surface area contributed by atoms with Crippen molar-refractivity contribution in [1.29, 1.82) is 0 Å². The Morgan fingerprint density at radius 3 is 1.97 bits per heavy atom. The molecule has 3 amide bonds. The molecule has 0 aliphatic carbocycles. The van der Waals surface area contributed by atoms with Crippen molar-refractivity contribution in [2.45, 2.75) is 49.3 Å². The summed E-state index contributed by atoms with van der Waals surface area (Å²) in [6.45, 7) is 8.37. The van der Waals surface area contributed by atoms with E-state index in [4.69, 9.17) is 5.73 Å². The molecule has 0 bridgehead atoms. The molecule has 35 heavy (non-hydrogen) atoms. The highest BCUT2D eigenvalue weighted by atomic mass is 32.2. The number of hydrogen-bond donors (Lipinski definition) is 3. The van der Waals surface area contributed by atoms with Crippen molar-refractivity contribution >= 4 is 40.8 Å². The van der Waals surface area contributed by atoms with Gasteiger partial charge in [-0.05, 0) is 59.4 Å². The number of nitrogens with two attached hydrogens (primary N) is 1. The molecule has 3 aromatic carbocycles. The maximum atomic E-state index is 12.8. The highest BCUT2D eigenvalue weighted by Crippen LogP contribution is 2.33. The van der Waals surface area contributed by atoms with Gasteiger partial charge in [-0.15, -0.1) is 0 Å². The van der Waals surface area contributed by atoms with E-state index >= 15 is 0 Å². The van der Waals surface area contributed by atoms with Gasteiger partial charge in [-0.2, -0.15) is 0 Å². The number of amides is 3. The number of benzene rings is 3. The zero-order chi connectivity index (χ0) is 25.7. The van der Waals surface area contributed by atoms with Gasteiger partial charge in [0.1, 0.15) is 5.56 Å². The zero-order valence-electron chi connectivity index (χ0n) is 20.0. The van der Waals surface area contributed by atoms with E-state index in [0.29, 0.717) is 10.6 Å². The third-order valence-corrected chi connectivity index (χ3v) is 6.39. The molecule has 4 N–H and O–H groups in total. The quantitative estimate of drug-likeness (QED) is 0.237. The van der Waals surface area contributed by atoms with Gasteiger partial charge in [-0.25, -0.2) is 4.79 Å². The third-order valence-electron chi connectivity index (χ3n) is 5.39. The van der Waals surface area contributed by atoms with Crippen LogP contribution in [0.25, 0.3) is 0 Å². The molecule has 0 aliphatic heterocycles. The van der Waals surface area contributed by atoms with Crippen molar-refractivity contribution in [3.05, 3.63) is 87.5 Å². The molecule has 3 rings (SSSR count). The van der Waals surface area contributed by atoms with Crippen LogP contribution in [0.5, 0.6) is 0 Å². The second-order valence-electron chi connectivity index (χ2n) is 8.63. The summed E-state index contributed by atoms with van der Waals surface area (Å²) >= 11 is 1.32. The van der Waals surface area contributed by atoms with Gasteiger partial charge in [0.15, 0.2) is 0 Å². The number of primary amides is 1. The van der Waals surface area contributed by atoms with E-state index < -0.39 is 10.8 Å². The molecule has 0 aromatic heterocycles. The average molecular weight is 493 g/mol. The number of nitrogens with one attached hydrogen (secondary N) is 2. The number of anilines is 2. The molecule has 9 heteroatoms. The number of nitro groups is 1. The van der Waals surface area contributed by atoms with Crippen LogP contribution in [0.3, 0.4) is 0 Å². The summed E-state index contributed by atoms with van der Waals surface area (Å²) in [5, 5.41) is 17.0. The van der Waals surface area contributed by atoms with Gasteiger partial charge in [0.25, 0.3) is 11.6 Å². The molecule has 0 unspecified atom stereocenters. The van der Waals surface area contributed by atoms with Gasteiger partial charge < -0.3 is 16.4 Å². The standard InChI is InChI=1S/C26H28N4O4S/c1-15(2)20-6-5-7-21(16(3)4)24(20)29-26(32)28-17-8-10-18(11-9-17)35-19-12-13-23(30(33)34)22(14-19)25(27)31/h5-16H,1-4H3,(H2,27,31)(H2,28,29,32). The van der Waals surface area contributed by atoms with Crippen molar-refractivity contribution < 1.29 is 14.5 Å². The molecule has 0 aliphatic rings. The van der Waals surface area contributed by atoms with Crippen molar-refractivity contribution in [2.75, 3.05) is 10.6 Å². The number of hydrogen-bond acceptors (Lipinski definition) is 5. The lowest BCUT2D eigenvalue weighted by Crippen LogP contribution is -2.21. The zero-order valence-corrected chi connectivity index (χ0v) is 20.8. The molecule has 0 fully saturated rings. The van der Waals surface area contributed by atoms with Gasteiger partial charge in [0, 0.05) is 27.2 Å². The van der Waals surface area contributed by atoms with Crippen molar-refractivity contribution in [1.82, 2.24) is 0 Å². The van der Waals surface area contributed by atoms with Crippen LogP contribution in [0.4, 0.5) is 21.9 Å². The third kappa shape index (κ3) is 6.39. The fourth-order valence-corrected chi connectivity index (χ4v) is 4.51. The van der Waals surface area contributed by atoms with E-state index in [1.54, 1.807) is 18.2 Å². The van der Waals surface area contributed by atoms with Crippen LogP contribution in [-0.2, 0) is 0 Å². The van der Waals surface area contributed by atoms with Gasteiger partial charge >= 0.3 is 6.03 Å². The maximum Gasteiger partial charge on any atom is 0.323 e. The fraction of sp³-hybridized carbons (Fsp3) is 0.231. The smallest absolute Gasteiger partial charge is 0.323 e. The molecule has 0 radical (unpaired) electrons. The van der Waals surface area contributed by atoms with E-state index in [9.17, 15) is 19.7 Å². The minimum Gasteiger partial charge on any atom is -0.365 e. The molecule has 0 spiro atoms. The van der Waals surface area contributed by atoms with Gasteiger partial charge in [-0.3, -0.25) is 14.9 Å². The minimum atomic E-state index is -0.857. The van der Waals surface area contributed by atoms with E-state index in [1.165, 1.54) is 23.9 Å². The Hall–Kier alpha value is -3.85. The summed E-state index contributed by atoms with van der Waals surface area (Å²) in [7, 11) is 0. The summed E-state index contributed by atoms with van der Waals surface area (Å²) in [5.74, 6) is -0.339. The van der Waals surface area contributed by atoms with Crippen LogP contribution in [0.1, 0.15) is 61.0 Å². The molecule has 0 saturated carbocycles. The van der Waals surface area contributed by atoms with E-state index in [0.717, 1.165) is 21.7 Å². The van der Waals surface area contributed by atoms with Crippen LogP contribution in [-0.4, -0.2) is 16.9 Å². The van der Waals surface area contributed by atoms with Crippen LogP contribution in [0.15, 0.2) is 70.5 Å². The number of nitro benzene ring substituents is 1. The van der Waals surface area contributed by atoms with Gasteiger partial charge in [-0.1, -0.05) is 57.7 Å². The summed E-state index contributed by atoms with van der Waals surface area (Å²) in [6.07, 6.45) is 0. The van der Waals surface area contributed by atoms with Gasteiger partial charge in [0.05, 0.1) is 4.92 Å². The van der Waals surface area contributed by atoms with Crippen molar-refractivity contribution in [3.63, 3.8) is 0 Å². The van der Waals surface area contributed by atoms with Crippen LogP contribution >= 0.6 is 11.8 Å². The molecule has 0 saturated heterocycles.